The molecule has 1 aromatic heterocycles. The van der Waals surface area contributed by atoms with Crippen molar-refractivity contribution in [2.24, 2.45) is 0 Å². The molecule has 0 aliphatic carbocycles. The van der Waals surface area contributed by atoms with E-state index >= 15 is 0 Å². The van der Waals surface area contributed by atoms with E-state index in [4.69, 9.17) is 16.3 Å². The lowest BCUT2D eigenvalue weighted by Crippen LogP contribution is -2.01. The first-order valence-electron chi connectivity index (χ1n) is 7.47. The van der Waals surface area contributed by atoms with Crippen molar-refractivity contribution in [1.82, 2.24) is 4.98 Å². The van der Waals surface area contributed by atoms with E-state index in [0.717, 1.165) is 39.7 Å². The zero-order valence-corrected chi connectivity index (χ0v) is 14.4. The highest BCUT2D eigenvalue weighted by molar-refractivity contribution is 7.09. The second-order valence-electron chi connectivity index (χ2n) is 5.34. The van der Waals surface area contributed by atoms with Crippen LogP contribution in [0.15, 0.2) is 53.3 Å². The summed E-state index contributed by atoms with van der Waals surface area (Å²) in [5, 5.41) is 10.4. The van der Waals surface area contributed by atoms with Gasteiger partial charge in [0.2, 0.25) is 5.88 Å². The Morgan fingerprint density at radius 1 is 1.12 bits per heavy atom. The highest BCUT2D eigenvalue weighted by Crippen LogP contribution is 2.22. The topological polar surface area (TPSA) is 62.3 Å². The van der Waals surface area contributed by atoms with Gasteiger partial charge in [0.05, 0.1) is 11.5 Å². The fourth-order valence-electron chi connectivity index (χ4n) is 2.34. The molecule has 4 nitrogen and oxygen atoms in total. The Hall–Kier alpha value is -2.24. The smallest absolute Gasteiger partial charge is 0.307 e. The van der Waals surface area contributed by atoms with Gasteiger partial charge in [-0.3, -0.25) is 9.78 Å². The number of nitrogens with one attached hydrogen (secondary N) is 1. The van der Waals surface area contributed by atoms with E-state index in [-0.39, 0.29) is 10.8 Å². The summed E-state index contributed by atoms with van der Waals surface area (Å²) in [5.74, 6) is 0.711. The Morgan fingerprint density at radius 3 is 2.62 bits per heavy atom. The number of aromatic hydroxyl groups is 1. The summed E-state index contributed by atoms with van der Waals surface area (Å²) in [6.07, 6.45) is 1.28. The maximum Gasteiger partial charge on any atom is 0.307 e. The van der Waals surface area contributed by atoms with E-state index in [0.29, 0.717) is 17.9 Å². The van der Waals surface area contributed by atoms with Crippen LogP contribution in [0, 0.1) is 0 Å². The van der Waals surface area contributed by atoms with Crippen LogP contribution in [0.4, 0.5) is 0 Å². The van der Waals surface area contributed by atoms with Crippen molar-refractivity contribution in [2.75, 3.05) is 6.61 Å². The van der Waals surface area contributed by atoms with Crippen molar-refractivity contribution in [3.05, 3.63) is 79.2 Å². The molecule has 1 heterocycles. The van der Waals surface area contributed by atoms with Gasteiger partial charge in [-0.1, -0.05) is 47.2 Å². The average Bonchev–Trinajstić information content (AvgIpc) is 2.87. The molecule has 0 saturated carbocycles. The van der Waals surface area contributed by atoms with Crippen LogP contribution < -0.4 is 9.61 Å². The van der Waals surface area contributed by atoms with Crippen molar-refractivity contribution >= 4 is 22.9 Å². The molecule has 124 valence electrons. The Labute approximate surface area is 148 Å². The molecular weight excluding hydrogens is 346 g/mol. The summed E-state index contributed by atoms with van der Waals surface area (Å²) < 4.78 is 5.79. The van der Waals surface area contributed by atoms with Crippen molar-refractivity contribution in [3.8, 4) is 11.6 Å². The predicted molar refractivity (Wildman–Crippen MR) is 96.5 cm³/mol. The summed E-state index contributed by atoms with van der Waals surface area (Å²) in [7, 11) is 0. The maximum atomic E-state index is 11.2. The van der Waals surface area contributed by atoms with Gasteiger partial charge in [0.1, 0.15) is 5.75 Å². The molecule has 0 fully saturated rings. The molecular formula is C18H16ClNO3S. The van der Waals surface area contributed by atoms with Gasteiger partial charge in [0, 0.05) is 17.9 Å². The number of benzene rings is 2. The number of H-pyrrole nitrogens is 1. The number of hydrogen-bond acceptors (Lipinski definition) is 4. The molecule has 2 aromatic carbocycles. The average molecular weight is 362 g/mol. The second kappa shape index (κ2) is 7.55. The SMILES string of the molecule is O=c1[nH]c(O)c(Cc2cccc(OCCc3ccc(Cl)cc3)c2)s1. The van der Waals surface area contributed by atoms with Crippen molar-refractivity contribution in [3.63, 3.8) is 0 Å². The van der Waals surface area contributed by atoms with E-state index in [9.17, 15) is 9.90 Å². The molecule has 2 N–H and O–H groups in total. The van der Waals surface area contributed by atoms with Crippen molar-refractivity contribution < 1.29 is 9.84 Å². The molecule has 3 rings (SSSR count). The van der Waals surface area contributed by atoms with Crippen LogP contribution in [0.5, 0.6) is 11.6 Å². The van der Waals surface area contributed by atoms with Crippen LogP contribution in [0.2, 0.25) is 5.02 Å². The van der Waals surface area contributed by atoms with Crippen LogP contribution in [0.25, 0.3) is 0 Å². The molecule has 0 amide bonds. The quantitative estimate of drug-likeness (QED) is 0.697. The third-order valence-corrected chi connectivity index (χ3v) is 4.66. The zero-order chi connectivity index (χ0) is 16.9. The lowest BCUT2D eigenvalue weighted by molar-refractivity contribution is 0.321. The van der Waals surface area contributed by atoms with E-state index < -0.39 is 0 Å². The zero-order valence-electron chi connectivity index (χ0n) is 12.8. The van der Waals surface area contributed by atoms with E-state index in [1.807, 2.05) is 48.5 Å². The third-order valence-electron chi connectivity index (χ3n) is 3.54. The van der Waals surface area contributed by atoms with Gasteiger partial charge in [0.25, 0.3) is 0 Å². The second-order valence-corrected chi connectivity index (χ2v) is 6.84. The first-order valence-corrected chi connectivity index (χ1v) is 8.67. The van der Waals surface area contributed by atoms with E-state index in [1.165, 1.54) is 0 Å². The first-order chi connectivity index (χ1) is 11.6. The lowest BCUT2D eigenvalue weighted by Gasteiger charge is -2.08. The number of ether oxygens (including phenoxy) is 1. The predicted octanol–water partition coefficient (Wildman–Crippen LogP) is 4.01. The molecule has 24 heavy (non-hydrogen) atoms. The number of aromatic amines is 1. The van der Waals surface area contributed by atoms with Crippen LogP contribution in [0.1, 0.15) is 16.0 Å². The molecule has 0 bridgehead atoms. The Kier molecular flexibility index (Phi) is 5.23. The van der Waals surface area contributed by atoms with Crippen LogP contribution in [-0.2, 0) is 12.8 Å². The molecule has 0 spiro atoms. The Balaban J connectivity index is 1.59. The molecule has 0 radical (unpaired) electrons. The number of halogens is 1. The highest BCUT2D eigenvalue weighted by atomic mass is 35.5. The minimum Gasteiger partial charge on any atom is -0.494 e. The van der Waals surface area contributed by atoms with Crippen LogP contribution in [0.3, 0.4) is 0 Å². The normalized spacial score (nSPS) is 10.7. The Bertz CT molecular complexity index is 870. The molecule has 6 heteroatoms. The van der Waals surface area contributed by atoms with Gasteiger partial charge in [-0.05, 0) is 35.4 Å². The van der Waals surface area contributed by atoms with Gasteiger partial charge in [0.15, 0.2) is 0 Å². The summed E-state index contributed by atoms with van der Waals surface area (Å²) in [5.41, 5.74) is 2.14. The van der Waals surface area contributed by atoms with Crippen LogP contribution >= 0.6 is 22.9 Å². The Morgan fingerprint density at radius 2 is 1.92 bits per heavy atom. The monoisotopic (exact) mass is 361 g/mol. The van der Waals surface area contributed by atoms with E-state index in [2.05, 4.69) is 4.98 Å². The standard InChI is InChI=1S/C18H16ClNO3S/c19-14-6-4-12(5-7-14)8-9-23-15-3-1-2-13(10-15)11-16-17(21)20-18(22)24-16/h1-7,10,21H,8-9,11H2,(H,20,22). The summed E-state index contributed by atoms with van der Waals surface area (Å²) >= 11 is 6.89. The summed E-state index contributed by atoms with van der Waals surface area (Å²) in [6.45, 7) is 0.563. The number of hydrogen-bond donors (Lipinski definition) is 2. The van der Waals surface area contributed by atoms with Gasteiger partial charge in [-0.15, -0.1) is 0 Å². The summed E-state index contributed by atoms with van der Waals surface area (Å²) in [6, 6.07) is 15.4. The number of aromatic nitrogens is 1. The minimum atomic E-state index is -0.252. The number of thiazole rings is 1. The van der Waals surface area contributed by atoms with Gasteiger partial charge in [-0.2, -0.15) is 0 Å². The first kappa shape index (κ1) is 16.6. The molecule has 0 atom stereocenters. The van der Waals surface area contributed by atoms with Gasteiger partial charge in [-0.25, -0.2) is 0 Å². The molecule has 0 aliphatic rings. The van der Waals surface area contributed by atoms with Crippen molar-refractivity contribution in [1.29, 1.82) is 0 Å². The highest BCUT2D eigenvalue weighted by Gasteiger charge is 2.08. The number of rotatable bonds is 6. The van der Waals surface area contributed by atoms with Crippen molar-refractivity contribution in [2.45, 2.75) is 12.8 Å². The minimum absolute atomic E-state index is 0.0564. The fraction of sp³-hybridized carbons (Fsp3) is 0.167. The molecule has 0 unspecified atom stereocenters. The van der Waals surface area contributed by atoms with Gasteiger partial charge < -0.3 is 9.84 Å². The summed E-state index contributed by atoms with van der Waals surface area (Å²) in [4.78, 5) is 14.0. The lowest BCUT2D eigenvalue weighted by atomic mass is 10.1. The van der Waals surface area contributed by atoms with E-state index in [1.54, 1.807) is 0 Å². The fourth-order valence-corrected chi connectivity index (χ4v) is 3.22. The largest absolute Gasteiger partial charge is 0.494 e. The van der Waals surface area contributed by atoms with Gasteiger partial charge >= 0.3 is 4.87 Å². The third kappa shape index (κ3) is 4.40. The van der Waals surface area contributed by atoms with Crippen LogP contribution in [-0.4, -0.2) is 16.7 Å². The molecule has 3 aromatic rings. The molecule has 0 aliphatic heterocycles. The maximum absolute atomic E-state index is 11.2. The molecule has 0 saturated heterocycles.